The normalized spacial score (nSPS) is 12.1. The lowest BCUT2D eigenvalue weighted by Gasteiger charge is -2.08. The first-order chi connectivity index (χ1) is 7.73. The standard InChI is InChI=1S/C9H11ClO4S3/c1-4(2)17(13,14)7-5(10)6(8(11)12)16-9(7)15-3/h4H,1-3H3,(H,11,12). The van der Waals surface area contributed by atoms with Crippen molar-refractivity contribution < 1.29 is 18.3 Å². The van der Waals surface area contributed by atoms with Crippen LogP contribution in [0.4, 0.5) is 0 Å². The molecule has 0 fully saturated rings. The lowest BCUT2D eigenvalue weighted by Crippen LogP contribution is -2.14. The monoisotopic (exact) mass is 314 g/mol. The molecule has 0 aliphatic rings. The van der Waals surface area contributed by atoms with E-state index in [9.17, 15) is 13.2 Å². The number of carbonyl (C=O) groups is 1. The summed E-state index contributed by atoms with van der Waals surface area (Å²) in [4.78, 5) is 10.7. The highest BCUT2D eigenvalue weighted by molar-refractivity contribution is 8.01. The van der Waals surface area contributed by atoms with Crippen molar-refractivity contribution in [3.05, 3.63) is 9.90 Å². The highest BCUT2D eigenvalue weighted by Crippen LogP contribution is 2.42. The van der Waals surface area contributed by atoms with Crippen LogP contribution in [0.1, 0.15) is 23.5 Å². The average molecular weight is 315 g/mol. The molecular weight excluding hydrogens is 304 g/mol. The summed E-state index contributed by atoms with van der Waals surface area (Å²) < 4.78 is 24.6. The highest BCUT2D eigenvalue weighted by Gasteiger charge is 2.31. The predicted molar refractivity (Wildman–Crippen MR) is 70.4 cm³/mol. The first kappa shape index (κ1) is 14.8. The molecule has 8 heteroatoms. The fourth-order valence-electron chi connectivity index (χ4n) is 1.13. The summed E-state index contributed by atoms with van der Waals surface area (Å²) in [6.45, 7) is 3.07. The van der Waals surface area contributed by atoms with Crippen LogP contribution in [0.5, 0.6) is 0 Å². The molecule has 0 radical (unpaired) electrons. The largest absolute Gasteiger partial charge is 0.477 e. The van der Waals surface area contributed by atoms with Gasteiger partial charge in [-0.2, -0.15) is 0 Å². The number of thioether (sulfide) groups is 1. The van der Waals surface area contributed by atoms with Gasteiger partial charge in [0.15, 0.2) is 9.84 Å². The van der Waals surface area contributed by atoms with Crippen LogP contribution in [0.25, 0.3) is 0 Å². The van der Waals surface area contributed by atoms with Crippen LogP contribution < -0.4 is 0 Å². The lowest BCUT2D eigenvalue weighted by molar-refractivity contribution is 0.0702. The van der Waals surface area contributed by atoms with E-state index >= 15 is 0 Å². The number of halogens is 1. The fraction of sp³-hybridized carbons (Fsp3) is 0.444. The van der Waals surface area contributed by atoms with E-state index < -0.39 is 21.1 Å². The molecule has 4 nitrogen and oxygen atoms in total. The van der Waals surface area contributed by atoms with E-state index in [-0.39, 0.29) is 14.8 Å². The van der Waals surface area contributed by atoms with Crippen LogP contribution in [0.3, 0.4) is 0 Å². The smallest absolute Gasteiger partial charge is 0.347 e. The van der Waals surface area contributed by atoms with Crippen LogP contribution in [0.2, 0.25) is 5.02 Å². The van der Waals surface area contributed by atoms with E-state index in [1.807, 2.05) is 0 Å². The molecule has 0 saturated heterocycles. The van der Waals surface area contributed by atoms with Gasteiger partial charge in [0.05, 0.1) is 14.5 Å². The van der Waals surface area contributed by atoms with Gasteiger partial charge in [-0.25, -0.2) is 13.2 Å². The van der Waals surface area contributed by atoms with Crippen molar-refractivity contribution in [3.63, 3.8) is 0 Å². The van der Waals surface area contributed by atoms with Crippen molar-refractivity contribution in [2.75, 3.05) is 6.26 Å². The van der Waals surface area contributed by atoms with Gasteiger partial charge < -0.3 is 5.11 Å². The number of thiophene rings is 1. The maximum atomic E-state index is 12.1. The van der Waals surface area contributed by atoms with Crippen LogP contribution in [-0.4, -0.2) is 31.0 Å². The molecule has 0 aromatic carbocycles. The number of carboxylic acid groups (broad SMARTS) is 1. The zero-order valence-corrected chi connectivity index (χ0v) is 12.6. The van der Waals surface area contributed by atoms with Crippen LogP contribution in [-0.2, 0) is 9.84 Å². The molecule has 1 aromatic heterocycles. The van der Waals surface area contributed by atoms with Gasteiger partial charge in [0.25, 0.3) is 0 Å². The summed E-state index contributed by atoms with van der Waals surface area (Å²) >= 11 is 7.94. The molecule has 0 unspecified atom stereocenters. The third kappa shape index (κ3) is 2.62. The Morgan fingerprint density at radius 1 is 1.47 bits per heavy atom. The quantitative estimate of drug-likeness (QED) is 0.865. The molecule has 0 spiro atoms. The molecule has 0 aliphatic carbocycles. The van der Waals surface area contributed by atoms with Crippen LogP contribution in [0.15, 0.2) is 9.10 Å². The SMILES string of the molecule is CSc1sc(C(=O)O)c(Cl)c1S(=O)(=O)C(C)C. The van der Waals surface area contributed by atoms with Gasteiger partial charge in [-0.15, -0.1) is 23.1 Å². The number of hydrogen-bond donors (Lipinski definition) is 1. The van der Waals surface area contributed by atoms with E-state index in [1.54, 1.807) is 6.26 Å². The minimum Gasteiger partial charge on any atom is -0.477 e. The van der Waals surface area contributed by atoms with Crippen molar-refractivity contribution in [1.82, 2.24) is 0 Å². The van der Waals surface area contributed by atoms with E-state index in [0.717, 1.165) is 11.3 Å². The van der Waals surface area contributed by atoms with Crippen molar-refractivity contribution in [3.8, 4) is 0 Å². The molecule has 0 aliphatic heterocycles. The third-order valence-corrected chi connectivity index (χ3v) is 7.44. The molecule has 0 saturated carbocycles. The maximum absolute atomic E-state index is 12.1. The van der Waals surface area contributed by atoms with Gasteiger partial charge in [-0.05, 0) is 20.1 Å². The van der Waals surface area contributed by atoms with Crippen molar-refractivity contribution in [1.29, 1.82) is 0 Å². The molecule has 1 rings (SSSR count). The summed E-state index contributed by atoms with van der Waals surface area (Å²) in [5, 5.41) is 8.11. The lowest BCUT2D eigenvalue weighted by atomic mass is 10.5. The minimum absolute atomic E-state index is 0.0518. The first-order valence-electron chi connectivity index (χ1n) is 4.57. The molecule has 1 aromatic rings. The number of rotatable bonds is 4. The van der Waals surface area contributed by atoms with Gasteiger partial charge in [-0.3, -0.25) is 0 Å². The second-order valence-electron chi connectivity index (χ2n) is 3.46. The summed E-state index contributed by atoms with van der Waals surface area (Å²) in [6.07, 6.45) is 1.69. The van der Waals surface area contributed by atoms with Crippen LogP contribution in [0, 0.1) is 0 Å². The molecule has 0 atom stereocenters. The zero-order valence-electron chi connectivity index (χ0n) is 9.35. The molecule has 96 valence electrons. The molecule has 1 heterocycles. The highest BCUT2D eigenvalue weighted by atomic mass is 35.5. The summed E-state index contributed by atoms with van der Waals surface area (Å²) in [5.74, 6) is -1.21. The van der Waals surface area contributed by atoms with Crippen molar-refractivity contribution in [2.45, 2.75) is 28.2 Å². The molecule has 17 heavy (non-hydrogen) atoms. The van der Waals surface area contributed by atoms with Gasteiger partial charge in [0.1, 0.15) is 9.77 Å². The van der Waals surface area contributed by atoms with Gasteiger partial charge in [0, 0.05) is 0 Å². The Bertz CT molecular complexity index is 545. The predicted octanol–water partition coefficient (Wildman–Crippen LogP) is 3.00. The Balaban J connectivity index is 3.59. The van der Waals surface area contributed by atoms with Crippen LogP contribution >= 0.6 is 34.7 Å². The zero-order chi connectivity index (χ0) is 13.4. The van der Waals surface area contributed by atoms with Crippen molar-refractivity contribution in [2.24, 2.45) is 0 Å². The molecule has 0 bridgehead atoms. The second kappa shape index (κ2) is 5.17. The van der Waals surface area contributed by atoms with Crippen molar-refractivity contribution >= 4 is 50.5 Å². The average Bonchev–Trinajstić information content (AvgIpc) is 2.55. The number of aromatic carboxylic acids is 1. The Kier molecular flexibility index (Phi) is 4.51. The molecule has 1 N–H and O–H groups in total. The fourth-order valence-corrected chi connectivity index (χ4v) is 5.57. The minimum atomic E-state index is -3.57. The third-order valence-electron chi connectivity index (χ3n) is 2.06. The molecular formula is C9H11ClO4S3. The second-order valence-corrected chi connectivity index (χ2v) is 8.38. The van der Waals surface area contributed by atoms with E-state index in [2.05, 4.69) is 0 Å². The Hall–Kier alpha value is -0.240. The molecule has 0 amide bonds. The Labute approximate surface area is 113 Å². The Morgan fingerprint density at radius 2 is 2.00 bits per heavy atom. The number of hydrogen-bond acceptors (Lipinski definition) is 5. The van der Waals surface area contributed by atoms with E-state index in [4.69, 9.17) is 16.7 Å². The van der Waals surface area contributed by atoms with E-state index in [0.29, 0.717) is 4.21 Å². The topological polar surface area (TPSA) is 71.4 Å². The van der Waals surface area contributed by atoms with Gasteiger partial charge in [-0.1, -0.05) is 11.6 Å². The van der Waals surface area contributed by atoms with Gasteiger partial charge in [0.2, 0.25) is 0 Å². The maximum Gasteiger partial charge on any atom is 0.347 e. The summed E-state index contributed by atoms with van der Waals surface area (Å²) in [7, 11) is -3.57. The first-order valence-corrected chi connectivity index (χ1v) is 8.53. The number of carboxylic acids is 1. The van der Waals surface area contributed by atoms with E-state index in [1.165, 1.54) is 25.6 Å². The Morgan fingerprint density at radius 3 is 2.35 bits per heavy atom. The van der Waals surface area contributed by atoms with Gasteiger partial charge >= 0.3 is 5.97 Å². The number of sulfone groups is 1. The summed E-state index contributed by atoms with van der Waals surface area (Å²) in [6, 6.07) is 0. The summed E-state index contributed by atoms with van der Waals surface area (Å²) in [5.41, 5.74) is 0.